The molecule has 6 fully saturated rings. The van der Waals surface area contributed by atoms with Gasteiger partial charge in [-0.25, -0.2) is 0 Å². The molecule has 61 heavy (non-hydrogen) atoms. The zero-order valence-corrected chi connectivity index (χ0v) is 44.6. The van der Waals surface area contributed by atoms with Gasteiger partial charge in [0.05, 0.1) is 0 Å². The van der Waals surface area contributed by atoms with Crippen LogP contribution >= 0.6 is 0 Å². The smallest absolute Gasteiger partial charge is 0.420 e. The fraction of sp³-hybridized carbons (Fsp3) is 0.941. The molecule has 0 atom stereocenters. The van der Waals surface area contributed by atoms with Gasteiger partial charge in [0.25, 0.3) is 0 Å². The van der Waals surface area contributed by atoms with Crippen molar-refractivity contribution in [3.63, 3.8) is 0 Å². The van der Waals surface area contributed by atoms with E-state index in [0.29, 0.717) is 36.3 Å². The minimum absolute atomic E-state index is 0. The number of guanidine groups is 3. The molecule has 0 bridgehead atoms. The molecule has 0 amide bonds. The molecule has 0 aromatic heterocycles. The van der Waals surface area contributed by atoms with Crippen LogP contribution in [0.1, 0.15) is 234 Å². The summed E-state index contributed by atoms with van der Waals surface area (Å²) in [6, 6.07) is 4.21. The maximum atomic E-state index is 4.74. The zero-order chi connectivity index (χ0) is 42.6. The zero-order valence-electron chi connectivity index (χ0n) is 41.0. The quantitative estimate of drug-likeness (QED) is 0.144. The van der Waals surface area contributed by atoms with E-state index in [4.69, 9.17) is 30.9 Å². The molecule has 6 saturated carbocycles. The summed E-state index contributed by atoms with van der Waals surface area (Å²) in [7, 11) is 0. The van der Waals surface area contributed by atoms with Gasteiger partial charge in [0.1, 0.15) is 0 Å². The Balaban J connectivity index is 0.000000242. The molecular weight excluding hydrogens is 878 g/mol. The van der Waals surface area contributed by atoms with Gasteiger partial charge in [0, 0.05) is 17.9 Å². The standard InChI is InChI=1S/3C17H32N3.La/c3*1-3-18-17(19-4-2)20(15-11-7-5-8-12-15)16-13-9-6-10-14-16;/h3*15-16H,3-14H2,1-2H3;/q3*-1;+3. The second-order valence-corrected chi connectivity index (χ2v) is 18.7. The number of hydrogen-bond acceptors (Lipinski definition) is 3. The maximum Gasteiger partial charge on any atom is 3.00 e. The molecule has 348 valence electrons. The molecular formula is C51H96LaN9. The van der Waals surface area contributed by atoms with E-state index in [0.717, 1.165) is 57.1 Å². The first kappa shape index (κ1) is 54.3. The minimum Gasteiger partial charge on any atom is -0.420 e. The molecule has 0 aromatic carbocycles. The van der Waals surface area contributed by atoms with E-state index in [-0.39, 0.29) is 35.6 Å². The van der Waals surface area contributed by atoms with E-state index >= 15 is 0 Å². The van der Waals surface area contributed by atoms with Crippen LogP contribution in [-0.2, 0) is 0 Å². The van der Waals surface area contributed by atoms with Crippen molar-refractivity contribution in [3.8, 4) is 0 Å². The van der Waals surface area contributed by atoms with Gasteiger partial charge in [-0.1, -0.05) is 157 Å². The monoisotopic (exact) mass is 974 g/mol. The number of aliphatic imine (C=N–C) groups is 3. The summed E-state index contributed by atoms with van der Waals surface area (Å²) in [5, 5.41) is 14.2. The molecule has 0 heterocycles. The second kappa shape index (κ2) is 33.5. The summed E-state index contributed by atoms with van der Waals surface area (Å²) >= 11 is 0. The van der Waals surface area contributed by atoms with Crippen molar-refractivity contribution in [1.29, 1.82) is 0 Å². The Morgan fingerprint density at radius 1 is 0.311 bits per heavy atom. The average molecular weight is 974 g/mol. The first-order chi connectivity index (χ1) is 29.6. The van der Waals surface area contributed by atoms with Crippen molar-refractivity contribution in [3.05, 3.63) is 16.0 Å². The van der Waals surface area contributed by atoms with Crippen LogP contribution in [0.25, 0.3) is 16.0 Å². The summed E-state index contributed by atoms with van der Waals surface area (Å²) in [4.78, 5) is 22.2. The predicted octanol–water partition coefficient (Wildman–Crippen LogP) is 14.2. The van der Waals surface area contributed by atoms with E-state index in [1.807, 2.05) is 0 Å². The molecule has 9 nitrogen and oxygen atoms in total. The van der Waals surface area contributed by atoms with Crippen molar-refractivity contribution < 1.29 is 35.6 Å². The van der Waals surface area contributed by atoms with Crippen LogP contribution in [-0.4, -0.2) is 108 Å². The van der Waals surface area contributed by atoms with Gasteiger partial charge in [0.15, 0.2) is 0 Å². The van der Waals surface area contributed by atoms with E-state index in [2.05, 4.69) is 56.2 Å². The number of nitrogens with zero attached hydrogens (tertiary/aromatic N) is 9. The van der Waals surface area contributed by atoms with Crippen molar-refractivity contribution in [2.75, 3.05) is 39.3 Å². The Bertz CT molecular complexity index is 962. The van der Waals surface area contributed by atoms with Gasteiger partial charge in [-0.15, -0.1) is 0 Å². The SMILES string of the molecule is CCN=C([N-]CC)N(C1CCCCC1)C1CCCCC1.CCN=C([N-]CC)N(C1CCCCC1)C1CCCCC1.CCN=C([N-]CC)N(C1CCCCC1)C1CCCCC1.[La+3]. The normalized spacial score (nSPS) is 22.4. The third-order valence-corrected chi connectivity index (χ3v) is 14.3. The van der Waals surface area contributed by atoms with Crippen molar-refractivity contribution >= 4 is 17.9 Å². The number of hydrogen-bond donors (Lipinski definition) is 0. The molecule has 10 heteroatoms. The molecule has 0 aliphatic heterocycles. The fourth-order valence-corrected chi connectivity index (χ4v) is 11.5. The Morgan fingerprint density at radius 2 is 0.475 bits per heavy atom. The molecule has 0 spiro atoms. The van der Waals surface area contributed by atoms with Crippen LogP contribution in [0.3, 0.4) is 0 Å². The topological polar surface area (TPSA) is 89.1 Å². The summed E-state index contributed by atoms with van der Waals surface area (Å²) in [5.41, 5.74) is 0. The van der Waals surface area contributed by atoms with Crippen LogP contribution in [0.5, 0.6) is 0 Å². The summed E-state index contributed by atoms with van der Waals surface area (Å²) in [6.45, 7) is 17.9. The van der Waals surface area contributed by atoms with Gasteiger partial charge in [-0.05, 0) is 153 Å². The Labute approximate surface area is 406 Å². The number of rotatable bonds is 12. The molecule has 0 unspecified atom stereocenters. The molecule has 0 N–H and O–H groups in total. The van der Waals surface area contributed by atoms with Crippen molar-refractivity contribution in [2.24, 2.45) is 15.0 Å². The van der Waals surface area contributed by atoms with E-state index in [9.17, 15) is 0 Å². The van der Waals surface area contributed by atoms with Gasteiger partial charge < -0.3 is 45.6 Å². The van der Waals surface area contributed by atoms with Gasteiger partial charge in [-0.2, -0.15) is 0 Å². The molecule has 6 rings (SSSR count). The Hall–Kier alpha value is -0.995. The molecule has 6 aliphatic rings. The Kier molecular flexibility index (Phi) is 29.8. The third-order valence-electron chi connectivity index (χ3n) is 14.3. The molecule has 0 radical (unpaired) electrons. The van der Waals surface area contributed by atoms with Crippen molar-refractivity contribution in [2.45, 2.75) is 270 Å². The van der Waals surface area contributed by atoms with Crippen LogP contribution in [0, 0.1) is 35.6 Å². The van der Waals surface area contributed by atoms with Crippen LogP contribution in [0.4, 0.5) is 0 Å². The molecule has 0 saturated heterocycles. The first-order valence-corrected chi connectivity index (χ1v) is 26.6. The molecule has 0 aromatic rings. The first-order valence-electron chi connectivity index (χ1n) is 26.6. The fourth-order valence-electron chi connectivity index (χ4n) is 11.5. The summed E-state index contributed by atoms with van der Waals surface area (Å²) < 4.78 is 0. The van der Waals surface area contributed by atoms with E-state index in [1.165, 1.54) is 193 Å². The maximum absolute atomic E-state index is 4.74. The largest absolute Gasteiger partial charge is 3.00 e. The van der Waals surface area contributed by atoms with Crippen LogP contribution < -0.4 is 0 Å². The minimum atomic E-state index is 0. The van der Waals surface area contributed by atoms with Crippen molar-refractivity contribution in [1.82, 2.24) is 14.7 Å². The van der Waals surface area contributed by atoms with E-state index < -0.39 is 0 Å². The second-order valence-electron chi connectivity index (χ2n) is 18.7. The van der Waals surface area contributed by atoms with Gasteiger partial charge in [-0.3, -0.25) is 0 Å². The predicted molar refractivity (Wildman–Crippen MR) is 262 cm³/mol. The third kappa shape index (κ3) is 18.8. The molecule has 6 aliphatic carbocycles. The van der Waals surface area contributed by atoms with Gasteiger partial charge >= 0.3 is 35.6 Å². The van der Waals surface area contributed by atoms with Gasteiger partial charge in [0.2, 0.25) is 0 Å². The van der Waals surface area contributed by atoms with E-state index in [1.54, 1.807) is 0 Å². The van der Waals surface area contributed by atoms with Crippen LogP contribution in [0.15, 0.2) is 15.0 Å². The summed E-state index contributed by atoms with van der Waals surface area (Å²) in [6.07, 6.45) is 41.3. The van der Waals surface area contributed by atoms with Crippen LogP contribution in [0.2, 0.25) is 0 Å². The Morgan fingerprint density at radius 3 is 0.607 bits per heavy atom. The average Bonchev–Trinajstić information content (AvgIpc) is 3.30. The summed E-state index contributed by atoms with van der Waals surface area (Å²) in [5.74, 6) is 3.19.